The maximum atomic E-state index is 12.5. The molecule has 0 bridgehead atoms. The van der Waals surface area contributed by atoms with Gasteiger partial charge in [-0.3, -0.25) is 9.59 Å². The van der Waals surface area contributed by atoms with Gasteiger partial charge in [-0.2, -0.15) is 0 Å². The molecule has 1 saturated heterocycles. The molecule has 2 aromatic carbocycles. The van der Waals surface area contributed by atoms with Gasteiger partial charge < -0.3 is 24.6 Å². The van der Waals surface area contributed by atoms with E-state index in [2.05, 4.69) is 5.32 Å². The summed E-state index contributed by atoms with van der Waals surface area (Å²) < 4.78 is 11.5. The molecule has 2 aromatic rings. The highest BCUT2D eigenvalue weighted by Crippen LogP contribution is 2.30. The van der Waals surface area contributed by atoms with E-state index in [4.69, 9.17) is 9.47 Å². The summed E-state index contributed by atoms with van der Waals surface area (Å²) in [5.41, 5.74) is 0.713. The molecule has 0 saturated carbocycles. The molecular formula is C22H26N3O4+. The molecule has 2 aliphatic rings. The number of fused-ring (bicyclic) bond motifs is 1. The van der Waals surface area contributed by atoms with E-state index in [-0.39, 0.29) is 17.9 Å². The first kappa shape index (κ1) is 19.3. The second-order valence-corrected chi connectivity index (χ2v) is 7.39. The highest BCUT2D eigenvalue weighted by molar-refractivity contribution is 5.94. The van der Waals surface area contributed by atoms with Gasteiger partial charge in [-0.1, -0.05) is 30.3 Å². The quantitative estimate of drug-likeness (QED) is 0.746. The Morgan fingerprint density at radius 3 is 2.45 bits per heavy atom. The molecule has 4 rings (SSSR count). The number of hydrogen-bond donors (Lipinski definition) is 2. The third kappa shape index (κ3) is 4.86. The minimum Gasteiger partial charge on any atom is -0.486 e. The van der Waals surface area contributed by atoms with Crippen molar-refractivity contribution in [1.29, 1.82) is 0 Å². The molecule has 7 nitrogen and oxygen atoms in total. The van der Waals surface area contributed by atoms with Crippen LogP contribution in [0.25, 0.3) is 0 Å². The summed E-state index contributed by atoms with van der Waals surface area (Å²) in [4.78, 5) is 27.9. The van der Waals surface area contributed by atoms with Gasteiger partial charge in [0.1, 0.15) is 12.7 Å². The molecule has 0 radical (unpaired) electrons. The van der Waals surface area contributed by atoms with Gasteiger partial charge in [-0.25, -0.2) is 0 Å². The molecule has 152 valence electrons. The van der Waals surface area contributed by atoms with Crippen molar-refractivity contribution in [2.75, 3.05) is 45.9 Å². The van der Waals surface area contributed by atoms with E-state index in [1.807, 2.05) is 59.5 Å². The number of carbonyl (C=O) groups is 2. The Bertz CT molecular complexity index is 850. The number of rotatable bonds is 5. The Hall–Kier alpha value is -3.06. The van der Waals surface area contributed by atoms with Crippen LogP contribution >= 0.6 is 0 Å². The zero-order valence-corrected chi connectivity index (χ0v) is 16.3. The van der Waals surface area contributed by atoms with Crippen LogP contribution < -0.4 is 19.7 Å². The Labute approximate surface area is 170 Å². The summed E-state index contributed by atoms with van der Waals surface area (Å²) in [6, 6.07) is 16.9. The monoisotopic (exact) mass is 396 g/mol. The lowest BCUT2D eigenvalue weighted by molar-refractivity contribution is -0.896. The van der Waals surface area contributed by atoms with Crippen molar-refractivity contribution in [3.05, 3.63) is 60.2 Å². The van der Waals surface area contributed by atoms with Crippen LogP contribution in [0.2, 0.25) is 0 Å². The first-order valence-corrected chi connectivity index (χ1v) is 10.0. The molecule has 2 N–H and O–H groups in total. The van der Waals surface area contributed by atoms with Gasteiger partial charge >= 0.3 is 0 Å². The van der Waals surface area contributed by atoms with Gasteiger partial charge in [0.2, 0.25) is 0 Å². The summed E-state index contributed by atoms with van der Waals surface area (Å²) in [5, 5.41) is 2.94. The highest BCUT2D eigenvalue weighted by Gasteiger charge is 2.26. The normalized spacial score (nSPS) is 18.9. The Balaban J connectivity index is 1.18. The van der Waals surface area contributed by atoms with Crippen molar-refractivity contribution in [3.8, 4) is 11.5 Å². The van der Waals surface area contributed by atoms with Crippen LogP contribution in [0.1, 0.15) is 10.4 Å². The number of benzene rings is 2. The van der Waals surface area contributed by atoms with Gasteiger partial charge in [0.15, 0.2) is 18.0 Å². The first-order valence-electron chi connectivity index (χ1n) is 10.0. The molecule has 2 heterocycles. The summed E-state index contributed by atoms with van der Waals surface area (Å²) >= 11 is 0. The number of hydrogen-bond acceptors (Lipinski definition) is 4. The standard InChI is InChI=1S/C22H25N3O4/c26-21(23-14-18-16-28-19-8-4-5-9-20(19)29-18)15-24-10-12-25(13-11-24)22(27)17-6-2-1-3-7-17/h1-9,18H,10-16H2,(H,23,26)/p+1/t18-/m0/s1. The van der Waals surface area contributed by atoms with Crippen LogP contribution in [-0.4, -0.2) is 68.7 Å². The van der Waals surface area contributed by atoms with E-state index in [0.29, 0.717) is 44.1 Å². The minimum atomic E-state index is -0.191. The van der Waals surface area contributed by atoms with Crippen LogP contribution in [0, 0.1) is 0 Å². The topological polar surface area (TPSA) is 72.3 Å². The number of carbonyl (C=O) groups excluding carboxylic acids is 2. The zero-order chi connectivity index (χ0) is 20.1. The second kappa shape index (κ2) is 8.96. The molecule has 0 spiro atoms. The molecule has 0 aromatic heterocycles. The minimum absolute atomic E-state index is 0.00899. The number of nitrogens with one attached hydrogen (secondary N) is 2. The fraction of sp³-hybridized carbons (Fsp3) is 0.364. The molecule has 7 heteroatoms. The van der Waals surface area contributed by atoms with E-state index in [1.165, 1.54) is 4.90 Å². The average molecular weight is 396 g/mol. The Kier molecular flexibility index (Phi) is 5.95. The van der Waals surface area contributed by atoms with E-state index in [1.54, 1.807) is 0 Å². The third-order valence-corrected chi connectivity index (χ3v) is 5.28. The number of ether oxygens (including phenoxy) is 2. The summed E-state index contributed by atoms with van der Waals surface area (Å²) in [6.45, 7) is 4.09. The Morgan fingerprint density at radius 2 is 1.69 bits per heavy atom. The predicted octanol–water partition coefficient (Wildman–Crippen LogP) is -0.0165. The van der Waals surface area contributed by atoms with Crippen molar-refractivity contribution in [3.63, 3.8) is 0 Å². The van der Waals surface area contributed by atoms with Gasteiger partial charge in [0.05, 0.1) is 32.7 Å². The second-order valence-electron chi connectivity index (χ2n) is 7.39. The molecule has 2 amide bonds. The maximum absolute atomic E-state index is 12.5. The lowest BCUT2D eigenvalue weighted by Crippen LogP contribution is -3.15. The van der Waals surface area contributed by atoms with Gasteiger partial charge in [0.25, 0.3) is 11.8 Å². The fourth-order valence-electron chi connectivity index (χ4n) is 3.65. The molecule has 0 aliphatic carbocycles. The molecular weight excluding hydrogens is 370 g/mol. The lowest BCUT2D eigenvalue weighted by Gasteiger charge is -2.32. The van der Waals surface area contributed by atoms with Crippen LogP contribution in [0.3, 0.4) is 0 Å². The number of para-hydroxylation sites is 2. The van der Waals surface area contributed by atoms with Crippen molar-refractivity contribution in [1.82, 2.24) is 10.2 Å². The van der Waals surface area contributed by atoms with Crippen LogP contribution in [0.15, 0.2) is 54.6 Å². The molecule has 29 heavy (non-hydrogen) atoms. The van der Waals surface area contributed by atoms with Gasteiger partial charge in [0, 0.05) is 5.56 Å². The van der Waals surface area contributed by atoms with E-state index in [0.717, 1.165) is 18.8 Å². The van der Waals surface area contributed by atoms with Crippen molar-refractivity contribution >= 4 is 11.8 Å². The summed E-state index contributed by atoms with van der Waals surface area (Å²) in [6.07, 6.45) is -0.191. The number of amides is 2. The van der Waals surface area contributed by atoms with Crippen LogP contribution in [0.5, 0.6) is 11.5 Å². The third-order valence-electron chi connectivity index (χ3n) is 5.28. The van der Waals surface area contributed by atoms with Gasteiger partial charge in [-0.15, -0.1) is 0 Å². The first-order chi connectivity index (χ1) is 14.2. The van der Waals surface area contributed by atoms with Crippen molar-refractivity contribution in [2.45, 2.75) is 6.10 Å². The number of piperazine rings is 1. The summed E-state index contributed by atoms with van der Waals surface area (Å²) in [5.74, 6) is 1.50. The molecule has 2 aliphatic heterocycles. The maximum Gasteiger partial charge on any atom is 0.275 e. The van der Waals surface area contributed by atoms with Crippen molar-refractivity contribution < 1.29 is 24.0 Å². The van der Waals surface area contributed by atoms with E-state index in [9.17, 15) is 9.59 Å². The van der Waals surface area contributed by atoms with Crippen LogP contribution in [-0.2, 0) is 4.79 Å². The highest BCUT2D eigenvalue weighted by atomic mass is 16.6. The van der Waals surface area contributed by atoms with Crippen molar-refractivity contribution in [2.24, 2.45) is 0 Å². The number of nitrogens with zero attached hydrogens (tertiary/aromatic N) is 1. The number of quaternary nitrogens is 1. The fourth-order valence-corrected chi connectivity index (χ4v) is 3.65. The van der Waals surface area contributed by atoms with Crippen LogP contribution in [0.4, 0.5) is 0 Å². The van der Waals surface area contributed by atoms with Gasteiger partial charge in [-0.05, 0) is 24.3 Å². The predicted molar refractivity (Wildman–Crippen MR) is 107 cm³/mol. The van der Waals surface area contributed by atoms with E-state index < -0.39 is 0 Å². The molecule has 1 fully saturated rings. The van der Waals surface area contributed by atoms with E-state index >= 15 is 0 Å². The zero-order valence-electron chi connectivity index (χ0n) is 16.3. The smallest absolute Gasteiger partial charge is 0.275 e. The largest absolute Gasteiger partial charge is 0.486 e. The molecule has 1 atom stereocenters. The Morgan fingerprint density at radius 1 is 1.00 bits per heavy atom. The SMILES string of the molecule is O=C(C[NH+]1CCN(C(=O)c2ccccc2)CC1)NC[C@H]1COc2ccccc2O1. The average Bonchev–Trinajstić information content (AvgIpc) is 2.78. The summed E-state index contributed by atoms with van der Waals surface area (Å²) in [7, 11) is 0. The lowest BCUT2D eigenvalue weighted by atomic mass is 10.2. The molecule has 0 unspecified atom stereocenters.